The van der Waals surface area contributed by atoms with E-state index in [1.54, 1.807) is 0 Å². The van der Waals surface area contributed by atoms with E-state index in [9.17, 15) is 19.8 Å². The molecule has 2 unspecified atom stereocenters. The largest absolute Gasteiger partial charge is 0.466 e. The molecule has 0 aromatic heterocycles. The number of ether oxygens (including phenoxy) is 1. The fourth-order valence-electron chi connectivity index (χ4n) is 9.99. The molecule has 0 rings (SSSR count). The lowest BCUT2D eigenvalue weighted by molar-refractivity contribution is -0.143. The van der Waals surface area contributed by atoms with Crippen LogP contribution in [-0.4, -0.2) is 47.4 Å². The third-order valence-electron chi connectivity index (χ3n) is 14.8. The molecule has 6 heteroatoms. The summed E-state index contributed by atoms with van der Waals surface area (Å²) in [7, 11) is 0. The number of carbonyl (C=O) groups is 2. The van der Waals surface area contributed by atoms with Gasteiger partial charge in [-0.3, -0.25) is 9.59 Å². The summed E-state index contributed by atoms with van der Waals surface area (Å²) >= 11 is 0. The minimum absolute atomic E-state index is 0.0105. The molecule has 0 fully saturated rings. The molecule has 0 aliphatic heterocycles. The average molecular weight is 975 g/mol. The monoisotopic (exact) mass is 974 g/mol. The Morgan fingerprint density at radius 1 is 0.391 bits per heavy atom. The normalized spacial score (nSPS) is 12.6. The van der Waals surface area contributed by atoms with Crippen LogP contribution in [0.25, 0.3) is 0 Å². The molecule has 410 valence electrons. The van der Waals surface area contributed by atoms with Crippen molar-refractivity contribution >= 4 is 11.9 Å². The van der Waals surface area contributed by atoms with Crippen molar-refractivity contribution in [3.8, 4) is 0 Å². The van der Waals surface area contributed by atoms with Crippen LogP contribution in [0.3, 0.4) is 0 Å². The van der Waals surface area contributed by atoms with E-state index in [1.165, 1.54) is 283 Å². The van der Waals surface area contributed by atoms with Gasteiger partial charge in [-0.05, 0) is 51.4 Å². The molecule has 0 aliphatic carbocycles. The van der Waals surface area contributed by atoms with Crippen LogP contribution in [-0.2, 0) is 14.3 Å². The first-order valence-electron chi connectivity index (χ1n) is 31.4. The van der Waals surface area contributed by atoms with Gasteiger partial charge in [0.05, 0.1) is 25.4 Å². The smallest absolute Gasteiger partial charge is 0.305 e. The van der Waals surface area contributed by atoms with Crippen molar-refractivity contribution in [2.75, 3.05) is 13.2 Å². The Kier molecular flexibility index (Phi) is 58.0. The number of aliphatic hydroxyl groups excluding tert-OH is 2. The van der Waals surface area contributed by atoms with Crippen LogP contribution in [0.1, 0.15) is 354 Å². The van der Waals surface area contributed by atoms with Gasteiger partial charge >= 0.3 is 5.97 Å². The summed E-state index contributed by atoms with van der Waals surface area (Å²) in [6, 6.07) is -0.547. The van der Waals surface area contributed by atoms with Crippen LogP contribution in [0.4, 0.5) is 0 Å². The number of esters is 1. The zero-order valence-electron chi connectivity index (χ0n) is 46.8. The number of hydrogen-bond donors (Lipinski definition) is 3. The first-order chi connectivity index (χ1) is 34.0. The number of nitrogens with one attached hydrogen (secondary N) is 1. The number of rotatable bonds is 59. The number of aliphatic hydroxyl groups is 2. The molecular weight excluding hydrogens is 851 g/mol. The van der Waals surface area contributed by atoms with Gasteiger partial charge < -0.3 is 20.3 Å². The zero-order chi connectivity index (χ0) is 50.0. The maximum Gasteiger partial charge on any atom is 0.305 e. The lowest BCUT2D eigenvalue weighted by Gasteiger charge is -2.22. The van der Waals surface area contributed by atoms with Crippen molar-refractivity contribution in [1.82, 2.24) is 5.32 Å². The highest BCUT2D eigenvalue weighted by molar-refractivity contribution is 5.76. The summed E-state index contributed by atoms with van der Waals surface area (Å²) in [5.41, 5.74) is 0. The summed E-state index contributed by atoms with van der Waals surface area (Å²) in [6.07, 6.45) is 70.7. The molecule has 3 N–H and O–H groups in total. The highest BCUT2D eigenvalue weighted by atomic mass is 16.5. The van der Waals surface area contributed by atoms with E-state index in [-0.39, 0.29) is 18.5 Å². The van der Waals surface area contributed by atoms with Crippen molar-refractivity contribution in [2.24, 2.45) is 0 Å². The Labute approximate surface area is 431 Å². The molecule has 2 atom stereocenters. The minimum Gasteiger partial charge on any atom is -0.466 e. The molecule has 0 aliphatic rings. The predicted molar refractivity (Wildman–Crippen MR) is 301 cm³/mol. The average Bonchev–Trinajstić information content (AvgIpc) is 3.35. The molecule has 0 bridgehead atoms. The standard InChI is InChI=1S/C63H123NO5/c1-3-5-7-9-11-13-15-17-19-27-31-35-39-43-47-51-55-61(66)60(59-65)64-62(67)56-52-48-44-40-36-32-28-25-23-21-22-24-26-30-34-38-42-46-50-54-58-69-63(68)57-53-49-45-41-37-33-29-20-18-16-14-12-10-8-6-4-2/h21,23,60-61,65-66H,3-20,22,24-59H2,1-2H3,(H,64,67)/b23-21-. The molecule has 1 amide bonds. The molecule has 6 nitrogen and oxygen atoms in total. The van der Waals surface area contributed by atoms with E-state index >= 15 is 0 Å². The highest BCUT2D eigenvalue weighted by Gasteiger charge is 2.20. The van der Waals surface area contributed by atoms with Gasteiger partial charge in [0.2, 0.25) is 5.91 Å². The lowest BCUT2D eigenvalue weighted by Crippen LogP contribution is -2.45. The molecule has 0 saturated carbocycles. The SMILES string of the molecule is CCCCCCCCCCCCCCCCCCC(=O)OCCCCCCCCCCC/C=C\CCCCCCCCCC(=O)NC(CO)C(O)CCCCCCCCCCCCCCCCCC. The van der Waals surface area contributed by atoms with Crippen LogP contribution in [0.2, 0.25) is 0 Å². The predicted octanol–water partition coefficient (Wildman–Crippen LogP) is 19.6. The van der Waals surface area contributed by atoms with Crippen LogP contribution in [0, 0.1) is 0 Å². The number of hydrogen-bond acceptors (Lipinski definition) is 5. The Bertz CT molecular complexity index is 1030. The number of amides is 1. The second-order valence-electron chi connectivity index (χ2n) is 21.7. The van der Waals surface area contributed by atoms with Crippen molar-refractivity contribution in [3.63, 3.8) is 0 Å². The third-order valence-corrected chi connectivity index (χ3v) is 14.8. The molecule has 0 radical (unpaired) electrons. The van der Waals surface area contributed by atoms with Crippen molar-refractivity contribution < 1.29 is 24.5 Å². The molecule has 0 heterocycles. The summed E-state index contributed by atoms with van der Waals surface area (Å²) < 4.78 is 5.49. The summed E-state index contributed by atoms with van der Waals surface area (Å²) in [5.74, 6) is -0.0303. The number of allylic oxidation sites excluding steroid dienone is 2. The van der Waals surface area contributed by atoms with Crippen LogP contribution in [0.15, 0.2) is 12.2 Å². The van der Waals surface area contributed by atoms with Gasteiger partial charge in [-0.2, -0.15) is 0 Å². The first-order valence-corrected chi connectivity index (χ1v) is 31.4. The summed E-state index contributed by atoms with van der Waals surface area (Å²) in [4.78, 5) is 24.6. The second kappa shape index (κ2) is 59.2. The number of carbonyl (C=O) groups excluding carboxylic acids is 2. The second-order valence-corrected chi connectivity index (χ2v) is 21.7. The Balaban J connectivity index is 3.41. The summed E-state index contributed by atoms with van der Waals surface area (Å²) in [5, 5.41) is 23.3. The van der Waals surface area contributed by atoms with Gasteiger partial charge in [0, 0.05) is 12.8 Å². The van der Waals surface area contributed by atoms with Crippen molar-refractivity contribution in [3.05, 3.63) is 12.2 Å². The van der Waals surface area contributed by atoms with E-state index in [1.807, 2.05) is 0 Å². The molecule has 69 heavy (non-hydrogen) atoms. The molecule has 0 aromatic rings. The van der Waals surface area contributed by atoms with Gasteiger partial charge in [-0.15, -0.1) is 0 Å². The first kappa shape index (κ1) is 67.6. The van der Waals surface area contributed by atoms with E-state index < -0.39 is 12.1 Å². The quantitative estimate of drug-likeness (QED) is 0.0321. The van der Waals surface area contributed by atoms with Gasteiger partial charge in [0.25, 0.3) is 0 Å². The van der Waals surface area contributed by atoms with Crippen LogP contribution in [0.5, 0.6) is 0 Å². The van der Waals surface area contributed by atoms with E-state index in [0.29, 0.717) is 25.9 Å². The van der Waals surface area contributed by atoms with Crippen LogP contribution < -0.4 is 5.32 Å². The zero-order valence-corrected chi connectivity index (χ0v) is 46.8. The molecule has 0 aromatic carbocycles. The van der Waals surface area contributed by atoms with Gasteiger partial charge in [0.1, 0.15) is 0 Å². The van der Waals surface area contributed by atoms with E-state index in [0.717, 1.165) is 38.5 Å². The maximum absolute atomic E-state index is 12.5. The Morgan fingerprint density at radius 3 is 1.03 bits per heavy atom. The highest BCUT2D eigenvalue weighted by Crippen LogP contribution is 2.18. The summed E-state index contributed by atoms with van der Waals surface area (Å²) in [6.45, 7) is 4.97. The number of unbranched alkanes of at least 4 members (excludes halogenated alkanes) is 46. The van der Waals surface area contributed by atoms with Gasteiger partial charge in [-0.1, -0.05) is 302 Å². The lowest BCUT2D eigenvalue weighted by atomic mass is 10.0. The van der Waals surface area contributed by atoms with E-state index in [4.69, 9.17) is 4.74 Å². The Morgan fingerprint density at radius 2 is 0.681 bits per heavy atom. The van der Waals surface area contributed by atoms with Crippen LogP contribution >= 0.6 is 0 Å². The molecule has 0 saturated heterocycles. The topological polar surface area (TPSA) is 95.9 Å². The van der Waals surface area contributed by atoms with Gasteiger partial charge in [0.15, 0.2) is 0 Å². The fraction of sp³-hybridized carbons (Fsp3) is 0.937. The maximum atomic E-state index is 12.5. The fourth-order valence-corrected chi connectivity index (χ4v) is 9.99. The molecular formula is C63H123NO5. The van der Waals surface area contributed by atoms with Crippen molar-refractivity contribution in [2.45, 2.75) is 366 Å². The Hall–Kier alpha value is -1.40. The van der Waals surface area contributed by atoms with Crippen molar-refractivity contribution in [1.29, 1.82) is 0 Å². The minimum atomic E-state index is -0.669. The van der Waals surface area contributed by atoms with E-state index in [2.05, 4.69) is 31.3 Å². The molecule has 0 spiro atoms. The third kappa shape index (κ3) is 55.8. The van der Waals surface area contributed by atoms with Gasteiger partial charge in [-0.25, -0.2) is 0 Å².